The highest BCUT2D eigenvalue weighted by Crippen LogP contribution is 2.28. The Morgan fingerprint density at radius 1 is 0.818 bits per heavy atom. The molecule has 0 radical (unpaired) electrons. The van der Waals surface area contributed by atoms with Crippen LogP contribution in [-0.2, 0) is 0 Å². The van der Waals surface area contributed by atoms with E-state index in [1.165, 1.54) is 0 Å². The number of ether oxygens (including phenoxy) is 2. The van der Waals surface area contributed by atoms with Crippen molar-refractivity contribution in [1.82, 2.24) is 0 Å². The van der Waals surface area contributed by atoms with E-state index in [0.717, 1.165) is 16.5 Å². The van der Waals surface area contributed by atoms with Crippen molar-refractivity contribution >= 4 is 16.6 Å². The lowest BCUT2D eigenvalue weighted by Crippen LogP contribution is -2.02. The quantitative estimate of drug-likeness (QED) is 0.679. The van der Waals surface area contributed by atoms with Gasteiger partial charge in [0.2, 0.25) is 0 Å². The van der Waals surface area contributed by atoms with E-state index in [1.54, 1.807) is 44.6 Å². The third-order valence-corrected chi connectivity index (χ3v) is 3.66. The highest BCUT2D eigenvalue weighted by atomic mass is 16.5. The maximum Gasteiger partial charge on any atom is 0.193 e. The first kappa shape index (κ1) is 14.1. The Labute approximate surface area is 129 Å². The number of benzene rings is 3. The fourth-order valence-electron chi connectivity index (χ4n) is 2.48. The zero-order valence-corrected chi connectivity index (χ0v) is 12.5. The molecule has 0 heterocycles. The topological polar surface area (TPSA) is 35.5 Å². The first-order chi connectivity index (χ1) is 10.7. The third kappa shape index (κ3) is 2.53. The van der Waals surface area contributed by atoms with Crippen molar-refractivity contribution in [3.63, 3.8) is 0 Å². The fraction of sp³-hybridized carbons (Fsp3) is 0.105. The summed E-state index contributed by atoms with van der Waals surface area (Å²) in [6.45, 7) is 0. The molecule has 0 aliphatic heterocycles. The number of carbonyl (C=O) groups is 1. The van der Waals surface area contributed by atoms with Gasteiger partial charge in [0.05, 0.1) is 14.2 Å². The molecule has 110 valence electrons. The summed E-state index contributed by atoms with van der Waals surface area (Å²) < 4.78 is 10.5. The molecule has 0 amide bonds. The predicted molar refractivity (Wildman–Crippen MR) is 86.9 cm³/mol. The number of ketones is 1. The van der Waals surface area contributed by atoms with E-state index < -0.39 is 0 Å². The maximum atomic E-state index is 12.7. The highest BCUT2D eigenvalue weighted by Gasteiger charge is 2.13. The second-order valence-electron chi connectivity index (χ2n) is 4.96. The Kier molecular flexibility index (Phi) is 3.79. The Morgan fingerprint density at radius 2 is 1.55 bits per heavy atom. The highest BCUT2D eigenvalue weighted by molar-refractivity contribution is 6.11. The Hall–Kier alpha value is -2.81. The minimum absolute atomic E-state index is 0.0355. The van der Waals surface area contributed by atoms with Gasteiger partial charge in [-0.3, -0.25) is 4.79 Å². The van der Waals surface area contributed by atoms with E-state index in [-0.39, 0.29) is 5.78 Å². The number of hydrogen-bond acceptors (Lipinski definition) is 3. The SMILES string of the molecule is COc1ccc(C(=O)c2cc(OC)c3ccccc3c2)cc1. The average Bonchev–Trinajstić information content (AvgIpc) is 2.60. The van der Waals surface area contributed by atoms with Crippen LogP contribution in [0.15, 0.2) is 60.7 Å². The monoisotopic (exact) mass is 292 g/mol. The summed E-state index contributed by atoms with van der Waals surface area (Å²) in [5.74, 6) is 1.40. The molecule has 3 aromatic carbocycles. The summed E-state index contributed by atoms with van der Waals surface area (Å²) in [4.78, 5) is 12.7. The summed E-state index contributed by atoms with van der Waals surface area (Å²) in [5.41, 5.74) is 1.24. The lowest BCUT2D eigenvalue weighted by Gasteiger charge is -2.09. The van der Waals surface area contributed by atoms with Gasteiger partial charge in [-0.2, -0.15) is 0 Å². The lowest BCUT2D eigenvalue weighted by atomic mass is 9.99. The standard InChI is InChI=1S/C19H16O3/c1-21-16-9-7-13(8-10-16)19(20)15-11-14-5-3-4-6-17(14)18(12-15)22-2/h3-12H,1-2H3. The van der Waals surface area contributed by atoms with Gasteiger partial charge in [0.1, 0.15) is 11.5 Å². The molecular formula is C19H16O3. The molecule has 0 saturated carbocycles. The van der Waals surface area contributed by atoms with Crippen LogP contribution in [0.4, 0.5) is 0 Å². The molecule has 3 aromatic rings. The summed E-state index contributed by atoms with van der Waals surface area (Å²) >= 11 is 0. The third-order valence-electron chi connectivity index (χ3n) is 3.66. The average molecular weight is 292 g/mol. The predicted octanol–water partition coefficient (Wildman–Crippen LogP) is 4.09. The molecule has 3 rings (SSSR count). The van der Waals surface area contributed by atoms with E-state index in [2.05, 4.69) is 0 Å². The minimum atomic E-state index is -0.0355. The van der Waals surface area contributed by atoms with Crippen molar-refractivity contribution in [3.05, 3.63) is 71.8 Å². The number of methoxy groups -OCH3 is 2. The van der Waals surface area contributed by atoms with Crippen LogP contribution in [0, 0.1) is 0 Å². The lowest BCUT2D eigenvalue weighted by molar-refractivity contribution is 0.103. The Morgan fingerprint density at radius 3 is 2.23 bits per heavy atom. The molecule has 0 saturated heterocycles. The van der Waals surface area contributed by atoms with E-state index in [1.807, 2.05) is 30.3 Å². The zero-order valence-electron chi connectivity index (χ0n) is 12.5. The van der Waals surface area contributed by atoms with Crippen LogP contribution in [0.1, 0.15) is 15.9 Å². The smallest absolute Gasteiger partial charge is 0.193 e. The van der Waals surface area contributed by atoms with Crippen LogP contribution in [0.3, 0.4) is 0 Å². The molecule has 0 spiro atoms. The van der Waals surface area contributed by atoms with Gasteiger partial charge in [-0.05, 0) is 41.8 Å². The normalized spacial score (nSPS) is 10.5. The van der Waals surface area contributed by atoms with E-state index in [9.17, 15) is 4.79 Å². The summed E-state index contributed by atoms with van der Waals surface area (Å²) in [5, 5.41) is 1.98. The molecular weight excluding hydrogens is 276 g/mol. The van der Waals surface area contributed by atoms with Crippen molar-refractivity contribution in [2.24, 2.45) is 0 Å². The van der Waals surface area contributed by atoms with Crippen molar-refractivity contribution in [1.29, 1.82) is 0 Å². The van der Waals surface area contributed by atoms with Crippen LogP contribution in [0.25, 0.3) is 10.8 Å². The van der Waals surface area contributed by atoms with E-state index >= 15 is 0 Å². The molecule has 3 nitrogen and oxygen atoms in total. The second-order valence-corrected chi connectivity index (χ2v) is 4.96. The first-order valence-corrected chi connectivity index (χ1v) is 6.98. The molecule has 0 bridgehead atoms. The molecule has 0 N–H and O–H groups in total. The molecule has 0 aliphatic rings. The fourth-order valence-corrected chi connectivity index (χ4v) is 2.48. The van der Waals surface area contributed by atoms with Gasteiger partial charge < -0.3 is 9.47 Å². The molecule has 0 atom stereocenters. The van der Waals surface area contributed by atoms with Crippen LogP contribution >= 0.6 is 0 Å². The van der Waals surface area contributed by atoms with Gasteiger partial charge in [0.15, 0.2) is 5.78 Å². The van der Waals surface area contributed by atoms with Crippen molar-refractivity contribution in [2.45, 2.75) is 0 Å². The molecule has 0 aliphatic carbocycles. The largest absolute Gasteiger partial charge is 0.497 e. The second kappa shape index (κ2) is 5.90. The van der Waals surface area contributed by atoms with Gasteiger partial charge in [0.25, 0.3) is 0 Å². The minimum Gasteiger partial charge on any atom is -0.497 e. The van der Waals surface area contributed by atoms with Crippen molar-refractivity contribution < 1.29 is 14.3 Å². The van der Waals surface area contributed by atoms with Gasteiger partial charge in [-0.1, -0.05) is 24.3 Å². The first-order valence-electron chi connectivity index (χ1n) is 6.98. The van der Waals surface area contributed by atoms with Crippen molar-refractivity contribution in [3.8, 4) is 11.5 Å². The number of hydrogen-bond donors (Lipinski definition) is 0. The van der Waals surface area contributed by atoms with Gasteiger partial charge in [0, 0.05) is 16.5 Å². The molecule has 0 unspecified atom stereocenters. The number of carbonyl (C=O) groups excluding carboxylic acids is 1. The summed E-state index contributed by atoms with van der Waals surface area (Å²) in [7, 11) is 3.22. The van der Waals surface area contributed by atoms with E-state index in [0.29, 0.717) is 16.9 Å². The van der Waals surface area contributed by atoms with Gasteiger partial charge in [-0.25, -0.2) is 0 Å². The molecule has 0 aromatic heterocycles. The van der Waals surface area contributed by atoms with Gasteiger partial charge >= 0.3 is 0 Å². The Bertz CT molecular complexity index is 820. The van der Waals surface area contributed by atoms with Crippen LogP contribution in [0.2, 0.25) is 0 Å². The Balaban J connectivity index is 2.06. The summed E-state index contributed by atoms with van der Waals surface area (Å²) in [6.07, 6.45) is 0. The molecule has 3 heteroatoms. The summed E-state index contributed by atoms with van der Waals surface area (Å²) in [6, 6.07) is 18.6. The molecule has 22 heavy (non-hydrogen) atoms. The van der Waals surface area contributed by atoms with Gasteiger partial charge in [-0.15, -0.1) is 0 Å². The molecule has 0 fully saturated rings. The number of fused-ring (bicyclic) bond motifs is 1. The van der Waals surface area contributed by atoms with E-state index in [4.69, 9.17) is 9.47 Å². The number of rotatable bonds is 4. The van der Waals surface area contributed by atoms with Crippen LogP contribution < -0.4 is 9.47 Å². The van der Waals surface area contributed by atoms with Crippen LogP contribution in [-0.4, -0.2) is 20.0 Å². The van der Waals surface area contributed by atoms with Crippen LogP contribution in [0.5, 0.6) is 11.5 Å². The van der Waals surface area contributed by atoms with Crippen molar-refractivity contribution in [2.75, 3.05) is 14.2 Å². The zero-order chi connectivity index (χ0) is 15.5. The maximum absolute atomic E-state index is 12.7.